The Morgan fingerprint density at radius 1 is 1.00 bits per heavy atom. The minimum absolute atomic E-state index is 0.301. The second-order valence-electron chi connectivity index (χ2n) is 7.08. The molecular formula is C22H24N2O3. The van der Waals surface area contributed by atoms with Crippen molar-refractivity contribution in [3.63, 3.8) is 0 Å². The van der Waals surface area contributed by atoms with E-state index in [1.165, 1.54) is 22.3 Å². The molecule has 0 unspecified atom stereocenters. The molecule has 0 amide bonds. The first kappa shape index (κ1) is 17.7. The van der Waals surface area contributed by atoms with Crippen molar-refractivity contribution in [2.24, 2.45) is 0 Å². The summed E-state index contributed by atoms with van der Waals surface area (Å²) in [6.07, 6.45) is 2.95. The molecule has 2 aliphatic rings. The number of ether oxygens (including phenoxy) is 3. The quantitative estimate of drug-likeness (QED) is 0.832. The Balaban J connectivity index is 1.75. The SMILES string of the molecule is COc1cc2c(cc1C#N)[C@@H]1CCc3ccc(OC)c(OC)c3CN1CC2. The zero-order valence-corrected chi connectivity index (χ0v) is 16.0. The van der Waals surface area contributed by atoms with Gasteiger partial charge in [0, 0.05) is 24.7 Å². The van der Waals surface area contributed by atoms with Crippen LogP contribution in [0.4, 0.5) is 0 Å². The van der Waals surface area contributed by atoms with Gasteiger partial charge in [-0.3, -0.25) is 4.90 Å². The third kappa shape index (κ3) is 2.90. The number of benzene rings is 2. The van der Waals surface area contributed by atoms with Crippen LogP contribution in [0.15, 0.2) is 24.3 Å². The first-order valence-corrected chi connectivity index (χ1v) is 9.27. The van der Waals surface area contributed by atoms with Gasteiger partial charge in [0.25, 0.3) is 0 Å². The average Bonchev–Trinajstić information content (AvgIpc) is 2.91. The predicted molar refractivity (Wildman–Crippen MR) is 102 cm³/mol. The van der Waals surface area contributed by atoms with Crippen molar-refractivity contribution in [3.8, 4) is 23.3 Å². The average molecular weight is 364 g/mol. The molecule has 2 aromatic rings. The van der Waals surface area contributed by atoms with Gasteiger partial charge in [-0.05, 0) is 54.2 Å². The van der Waals surface area contributed by atoms with Crippen LogP contribution < -0.4 is 14.2 Å². The van der Waals surface area contributed by atoms with E-state index in [-0.39, 0.29) is 0 Å². The van der Waals surface area contributed by atoms with Gasteiger partial charge in [0.05, 0.1) is 26.9 Å². The number of methoxy groups -OCH3 is 3. The van der Waals surface area contributed by atoms with Gasteiger partial charge in [0.1, 0.15) is 11.8 Å². The summed E-state index contributed by atoms with van der Waals surface area (Å²) in [7, 11) is 5.01. The second kappa shape index (κ2) is 7.13. The van der Waals surface area contributed by atoms with E-state index in [1.807, 2.05) is 18.2 Å². The summed E-state index contributed by atoms with van der Waals surface area (Å²) in [6, 6.07) is 10.8. The van der Waals surface area contributed by atoms with Crippen molar-refractivity contribution in [2.75, 3.05) is 27.9 Å². The first-order valence-electron chi connectivity index (χ1n) is 9.27. The molecule has 5 nitrogen and oxygen atoms in total. The van der Waals surface area contributed by atoms with Gasteiger partial charge in [-0.1, -0.05) is 6.07 Å². The van der Waals surface area contributed by atoms with Crippen molar-refractivity contribution in [2.45, 2.75) is 31.8 Å². The van der Waals surface area contributed by atoms with Crippen LogP contribution in [0.25, 0.3) is 0 Å². The van der Waals surface area contributed by atoms with Gasteiger partial charge < -0.3 is 14.2 Å². The second-order valence-corrected chi connectivity index (χ2v) is 7.08. The van der Waals surface area contributed by atoms with E-state index >= 15 is 0 Å². The molecule has 5 heteroatoms. The number of nitriles is 1. The lowest BCUT2D eigenvalue weighted by molar-refractivity contribution is 0.172. The highest BCUT2D eigenvalue weighted by molar-refractivity contribution is 5.53. The maximum absolute atomic E-state index is 9.50. The number of aryl methyl sites for hydroxylation is 1. The van der Waals surface area contributed by atoms with Crippen molar-refractivity contribution in [1.82, 2.24) is 4.90 Å². The van der Waals surface area contributed by atoms with Crippen LogP contribution >= 0.6 is 0 Å². The number of fused-ring (bicyclic) bond motifs is 4. The fraction of sp³-hybridized carbons (Fsp3) is 0.409. The molecule has 1 atom stereocenters. The fourth-order valence-electron chi connectivity index (χ4n) is 4.50. The van der Waals surface area contributed by atoms with Crippen LogP contribution in [0.3, 0.4) is 0 Å². The van der Waals surface area contributed by atoms with E-state index < -0.39 is 0 Å². The zero-order chi connectivity index (χ0) is 19.0. The van der Waals surface area contributed by atoms with Gasteiger partial charge in [-0.15, -0.1) is 0 Å². The monoisotopic (exact) mass is 364 g/mol. The number of nitrogens with zero attached hydrogens (tertiary/aromatic N) is 2. The molecular weight excluding hydrogens is 340 g/mol. The van der Waals surface area contributed by atoms with E-state index in [2.05, 4.69) is 17.0 Å². The standard InChI is InChI=1S/C22H24N2O3/c1-25-20-7-5-14-4-6-19-17-10-16(12-23)21(26-2)11-15(17)8-9-24(19)13-18(14)22(20)27-3/h5,7,10-11,19H,4,6,8-9,13H2,1-3H3/t19-/m0/s1. The van der Waals surface area contributed by atoms with Crippen molar-refractivity contribution >= 4 is 0 Å². The van der Waals surface area contributed by atoms with Gasteiger partial charge in [-0.2, -0.15) is 5.26 Å². The van der Waals surface area contributed by atoms with E-state index in [1.54, 1.807) is 21.3 Å². The van der Waals surface area contributed by atoms with Crippen LogP contribution in [-0.4, -0.2) is 32.8 Å². The molecule has 0 N–H and O–H groups in total. The Bertz CT molecular complexity index is 917. The Morgan fingerprint density at radius 3 is 2.52 bits per heavy atom. The van der Waals surface area contributed by atoms with Gasteiger partial charge in [-0.25, -0.2) is 0 Å². The summed E-state index contributed by atoms with van der Waals surface area (Å²) < 4.78 is 16.6. The molecule has 0 spiro atoms. The van der Waals surface area contributed by atoms with Crippen molar-refractivity contribution in [1.29, 1.82) is 5.26 Å². The smallest absolute Gasteiger partial charge is 0.165 e. The molecule has 0 bridgehead atoms. The molecule has 2 heterocycles. The molecule has 0 saturated carbocycles. The maximum atomic E-state index is 9.50. The van der Waals surface area contributed by atoms with Gasteiger partial charge in [0.2, 0.25) is 0 Å². The minimum atomic E-state index is 0.301. The molecule has 0 aliphatic carbocycles. The third-order valence-corrected chi connectivity index (χ3v) is 5.84. The largest absolute Gasteiger partial charge is 0.495 e. The maximum Gasteiger partial charge on any atom is 0.165 e. The fourth-order valence-corrected chi connectivity index (χ4v) is 4.50. The normalized spacial score (nSPS) is 18.4. The van der Waals surface area contributed by atoms with Crippen molar-refractivity contribution < 1.29 is 14.2 Å². The lowest BCUT2D eigenvalue weighted by atomic mass is 9.88. The van der Waals surface area contributed by atoms with Crippen LogP contribution in [0.5, 0.6) is 17.2 Å². The molecule has 4 rings (SSSR count). The predicted octanol–water partition coefficient (Wildman–Crippen LogP) is 3.63. The van der Waals surface area contributed by atoms with Crippen LogP contribution in [0, 0.1) is 11.3 Å². The Labute approximate surface area is 160 Å². The lowest BCUT2D eigenvalue weighted by Gasteiger charge is -2.36. The van der Waals surface area contributed by atoms with E-state index in [4.69, 9.17) is 14.2 Å². The van der Waals surface area contributed by atoms with E-state index in [9.17, 15) is 5.26 Å². The molecule has 2 aromatic carbocycles. The molecule has 0 aromatic heterocycles. The zero-order valence-electron chi connectivity index (χ0n) is 16.0. The summed E-state index contributed by atoms with van der Waals surface area (Å²) in [5, 5.41) is 9.50. The summed E-state index contributed by atoms with van der Waals surface area (Å²) in [5.74, 6) is 2.30. The lowest BCUT2D eigenvalue weighted by Crippen LogP contribution is -2.34. The molecule has 140 valence electrons. The van der Waals surface area contributed by atoms with E-state index in [0.717, 1.165) is 43.9 Å². The topological polar surface area (TPSA) is 54.7 Å². The Hall–Kier alpha value is -2.71. The molecule has 27 heavy (non-hydrogen) atoms. The summed E-state index contributed by atoms with van der Waals surface area (Å²) in [5.41, 5.74) is 5.70. The highest BCUT2D eigenvalue weighted by atomic mass is 16.5. The first-order chi connectivity index (χ1) is 13.2. The Morgan fingerprint density at radius 2 is 1.81 bits per heavy atom. The summed E-state index contributed by atoms with van der Waals surface area (Å²) in [4.78, 5) is 2.50. The number of rotatable bonds is 3. The summed E-state index contributed by atoms with van der Waals surface area (Å²) in [6.45, 7) is 1.81. The molecule has 2 aliphatic heterocycles. The highest BCUT2D eigenvalue weighted by Crippen LogP contribution is 2.43. The third-order valence-electron chi connectivity index (χ3n) is 5.84. The molecule has 0 radical (unpaired) electrons. The van der Waals surface area contributed by atoms with E-state index in [0.29, 0.717) is 17.4 Å². The highest BCUT2D eigenvalue weighted by Gasteiger charge is 2.32. The van der Waals surface area contributed by atoms with Crippen LogP contribution in [0.2, 0.25) is 0 Å². The van der Waals surface area contributed by atoms with Crippen LogP contribution in [-0.2, 0) is 19.4 Å². The number of hydrogen-bond acceptors (Lipinski definition) is 5. The van der Waals surface area contributed by atoms with Gasteiger partial charge in [0.15, 0.2) is 11.5 Å². The van der Waals surface area contributed by atoms with Gasteiger partial charge >= 0.3 is 0 Å². The molecule has 0 saturated heterocycles. The minimum Gasteiger partial charge on any atom is -0.495 e. The number of hydrogen-bond donors (Lipinski definition) is 0. The Kier molecular flexibility index (Phi) is 4.67. The summed E-state index contributed by atoms with van der Waals surface area (Å²) >= 11 is 0. The van der Waals surface area contributed by atoms with Crippen LogP contribution in [0.1, 0.15) is 40.3 Å². The molecule has 0 fully saturated rings. The van der Waals surface area contributed by atoms with Crippen molar-refractivity contribution in [3.05, 3.63) is 52.1 Å².